The summed E-state index contributed by atoms with van der Waals surface area (Å²) in [6.07, 6.45) is 3.39. The molecular formula is C14H10ClNO. The minimum absolute atomic E-state index is 0.0573. The van der Waals surface area contributed by atoms with Gasteiger partial charge in [0.2, 0.25) is 5.78 Å². The van der Waals surface area contributed by atoms with Gasteiger partial charge in [0.25, 0.3) is 0 Å². The van der Waals surface area contributed by atoms with Crippen LogP contribution in [0.2, 0.25) is 5.02 Å². The number of nitrogens with zero attached hydrogens (tertiary/aromatic N) is 1. The van der Waals surface area contributed by atoms with Crippen LogP contribution in [-0.2, 0) is 0 Å². The van der Waals surface area contributed by atoms with Crippen LogP contribution in [-0.4, -0.2) is 10.4 Å². The molecule has 2 aromatic rings. The number of hydrogen-bond acceptors (Lipinski definition) is 1. The Morgan fingerprint density at radius 1 is 1.29 bits per heavy atom. The van der Waals surface area contributed by atoms with Crippen molar-refractivity contribution in [1.29, 1.82) is 0 Å². The largest absolute Gasteiger partial charge is 0.313 e. The van der Waals surface area contributed by atoms with E-state index in [0.29, 0.717) is 16.3 Å². The summed E-state index contributed by atoms with van der Waals surface area (Å²) in [6, 6.07) is 10.4. The van der Waals surface area contributed by atoms with Crippen LogP contribution in [0.3, 0.4) is 0 Å². The molecule has 17 heavy (non-hydrogen) atoms. The first-order chi connectivity index (χ1) is 8.22. The number of aromatic nitrogens is 1. The standard InChI is InChI=1S/C14H10ClNO/c1-2-9-16-10-3-4-13(16)14(17)11-5-7-12(15)8-6-11/h3-10H,1H2. The lowest BCUT2D eigenvalue weighted by Gasteiger charge is -2.02. The summed E-state index contributed by atoms with van der Waals surface area (Å²) < 4.78 is 1.68. The monoisotopic (exact) mass is 243 g/mol. The molecule has 0 aliphatic rings. The van der Waals surface area contributed by atoms with E-state index in [9.17, 15) is 4.79 Å². The number of hydrogen-bond donors (Lipinski definition) is 0. The molecule has 0 saturated heterocycles. The van der Waals surface area contributed by atoms with Gasteiger partial charge in [0.1, 0.15) is 0 Å². The number of halogens is 1. The van der Waals surface area contributed by atoms with Crippen molar-refractivity contribution >= 4 is 23.6 Å². The molecular weight excluding hydrogens is 234 g/mol. The van der Waals surface area contributed by atoms with E-state index < -0.39 is 0 Å². The van der Waals surface area contributed by atoms with Gasteiger partial charge in [-0.3, -0.25) is 4.79 Å². The van der Waals surface area contributed by atoms with Crippen molar-refractivity contribution in [3.63, 3.8) is 0 Å². The van der Waals surface area contributed by atoms with Crippen molar-refractivity contribution in [2.75, 3.05) is 0 Å². The van der Waals surface area contributed by atoms with E-state index in [0.717, 1.165) is 0 Å². The molecule has 0 unspecified atom stereocenters. The summed E-state index contributed by atoms with van der Waals surface area (Å²) in [7, 11) is 0. The lowest BCUT2D eigenvalue weighted by Crippen LogP contribution is -2.05. The average Bonchev–Trinajstić information content (AvgIpc) is 2.78. The molecule has 0 atom stereocenters. The zero-order valence-electron chi connectivity index (χ0n) is 9.06. The zero-order valence-corrected chi connectivity index (χ0v) is 9.82. The van der Waals surface area contributed by atoms with Crippen LogP contribution in [0.15, 0.2) is 54.9 Å². The molecule has 0 spiro atoms. The summed E-state index contributed by atoms with van der Waals surface area (Å²) in [5.41, 5.74) is 3.82. The minimum atomic E-state index is -0.0573. The highest BCUT2D eigenvalue weighted by Crippen LogP contribution is 2.14. The van der Waals surface area contributed by atoms with Gasteiger partial charge in [0.15, 0.2) is 0 Å². The second-order valence-electron chi connectivity index (χ2n) is 3.47. The second kappa shape index (κ2) is 4.88. The molecule has 1 aromatic carbocycles. The predicted molar refractivity (Wildman–Crippen MR) is 69.2 cm³/mol. The molecule has 2 rings (SSSR count). The fourth-order valence-corrected chi connectivity index (χ4v) is 1.67. The van der Waals surface area contributed by atoms with E-state index in [1.165, 1.54) is 0 Å². The van der Waals surface area contributed by atoms with E-state index in [1.807, 2.05) is 0 Å². The van der Waals surface area contributed by atoms with Crippen molar-refractivity contribution in [2.45, 2.75) is 0 Å². The van der Waals surface area contributed by atoms with Gasteiger partial charge in [-0.1, -0.05) is 18.2 Å². The minimum Gasteiger partial charge on any atom is -0.313 e. The van der Waals surface area contributed by atoms with Crippen LogP contribution >= 0.6 is 11.6 Å². The molecule has 1 aromatic heterocycles. The Hall–Kier alpha value is -2.02. The van der Waals surface area contributed by atoms with Crippen molar-refractivity contribution in [3.8, 4) is 0 Å². The quantitative estimate of drug-likeness (QED) is 0.596. The third kappa shape index (κ3) is 2.39. The van der Waals surface area contributed by atoms with Crippen LogP contribution in [0, 0.1) is 0 Å². The number of ketones is 1. The van der Waals surface area contributed by atoms with Crippen molar-refractivity contribution in [3.05, 3.63) is 71.2 Å². The van der Waals surface area contributed by atoms with Gasteiger partial charge in [-0.2, -0.15) is 0 Å². The van der Waals surface area contributed by atoms with Crippen LogP contribution in [0.1, 0.15) is 16.1 Å². The SMILES string of the molecule is C=C=Cn1cccc1C(=O)c1ccc(Cl)cc1. The highest BCUT2D eigenvalue weighted by Gasteiger charge is 2.11. The van der Waals surface area contributed by atoms with Gasteiger partial charge < -0.3 is 4.57 Å². The third-order valence-electron chi connectivity index (χ3n) is 2.35. The van der Waals surface area contributed by atoms with E-state index in [2.05, 4.69) is 12.3 Å². The molecule has 3 heteroatoms. The number of carbonyl (C=O) groups is 1. The van der Waals surface area contributed by atoms with E-state index in [-0.39, 0.29) is 5.78 Å². The smallest absolute Gasteiger partial charge is 0.209 e. The van der Waals surface area contributed by atoms with E-state index in [4.69, 9.17) is 11.6 Å². The molecule has 0 aliphatic heterocycles. The molecule has 0 N–H and O–H groups in total. The fourth-order valence-electron chi connectivity index (χ4n) is 1.55. The van der Waals surface area contributed by atoms with Crippen LogP contribution in [0.5, 0.6) is 0 Å². The Bertz CT molecular complexity index is 589. The highest BCUT2D eigenvalue weighted by molar-refractivity contribution is 6.30. The Kier molecular flexibility index (Phi) is 3.29. The summed E-state index contributed by atoms with van der Waals surface area (Å²) in [5.74, 6) is -0.0573. The predicted octanol–water partition coefficient (Wildman–Crippen LogP) is 3.63. The first-order valence-electron chi connectivity index (χ1n) is 5.05. The molecule has 0 saturated carbocycles. The highest BCUT2D eigenvalue weighted by atomic mass is 35.5. The van der Waals surface area contributed by atoms with Crippen LogP contribution in [0.25, 0.3) is 6.20 Å². The first-order valence-corrected chi connectivity index (χ1v) is 5.43. The van der Waals surface area contributed by atoms with Crippen molar-refractivity contribution in [1.82, 2.24) is 4.57 Å². The average molecular weight is 244 g/mol. The molecule has 1 heterocycles. The summed E-state index contributed by atoms with van der Waals surface area (Å²) >= 11 is 5.78. The van der Waals surface area contributed by atoms with Gasteiger partial charge in [-0.25, -0.2) is 0 Å². The van der Waals surface area contributed by atoms with E-state index in [1.54, 1.807) is 53.4 Å². The first kappa shape index (κ1) is 11.5. The maximum atomic E-state index is 12.2. The molecule has 0 radical (unpaired) electrons. The summed E-state index contributed by atoms with van der Waals surface area (Å²) in [5, 5.41) is 0.614. The zero-order chi connectivity index (χ0) is 12.3. The van der Waals surface area contributed by atoms with Gasteiger partial charge >= 0.3 is 0 Å². The number of carbonyl (C=O) groups excluding carboxylic acids is 1. The molecule has 84 valence electrons. The Morgan fingerprint density at radius 3 is 2.65 bits per heavy atom. The molecule has 0 amide bonds. The maximum Gasteiger partial charge on any atom is 0.209 e. The summed E-state index contributed by atoms with van der Waals surface area (Å²) in [4.78, 5) is 12.2. The van der Waals surface area contributed by atoms with Crippen molar-refractivity contribution in [2.24, 2.45) is 0 Å². The molecule has 0 fully saturated rings. The lowest BCUT2D eigenvalue weighted by molar-refractivity contribution is 0.103. The fraction of sp³-hybridized carbons (Fsp3) is 0. The van der Waals surface area contributed by atoms with Crippen LogP contribution < -0.4 is 0 Å². The molecule has 0 bridgehead atoms. The van der Waals surface area contributed by atoms with Crippen LogP contribution in [0.4, 0.5) is 0 Å². The molecule has 0 aliphatic carbocycles. The number of benzene rings is 1. The van der Waals surface area contributed by atoms with Gasteiger partial charge in [-0.15, -0.1) is 5.73 Å². The maximum absolute atomic E-state index is 12.2. The van der Waals surface area contributed by atoms with Gasteiger partial charge in [-0.05, 0) is 36.4 Å². The second-order valence-corrected chi connectivity index (χ2v) is 3.91. The van der Waals surface area contributed by atoms with E-state index >= 15 is 0 Å². The third-order valence-corrected chi connectivity index (χ3v) is 2.60. The normalized spacial score (nSPS) is 9.71. The Labute approximate surface area is 104 Å². The van der Waals surface area contributed by atoms with Gasteiger partial charge in [0, 0.05) is 16.8 Å². The Morgan fingerprint density at radius 2 is 2.00 bits per heavy atom. The molecule has 2 nitrogen and oxygen atoms in total. The Balaban J connectivity index is 2.40. The number of rotatable bonds is 3. The summed E-state index contributed by atoms with van der Waals surface area (Å²) in [6.45, 7) is 3.49. The van der Waals surface area contributed by atoms with Gasteiger partial charge in [0.05, 0.1) is 11.9 Å². The topological polar surface area (TPSA) is 22.0 Å². The lowest BCUT2D eigenvalue weighted by atomic mass is 10.1. The van der Waals surface area contributed by atoms with Crippen molar-refractivity contribution < 1.29 is 4.79 Å².